The van der Waals surface area contributed by atoms with Crippen molar-refractivity contribution >= 4 is 23.2 Å². The summed E-state index contributed by atoms with van der Waals surface area (Å²) in [4.78, 5) is 23.8. The molecule has 3 rings (SSSR count). The van der Waals surface area contributed by atoms with Crippen molar-refractivity contribution < 1.29 is 14.3 Å². The Balaban J connectivity index is 1.46. The lowest BCUT2D eigenvalue weighted by molar-refractivity contribution is -0.120. The van der Waals surface area contributed by atoms with Gasteiger partial charge in [-0.2, -0.15) is 0 Å². The monoisotopic (exact) mass is 367 g/mol. The summed E-state index contributed by atoms with van der Waals surface area (Å²) >= 11 is 0. The Morgan fingerprint density at radius 3 is 2.44 bits per heavy atom. The molecule has 0 aliphatic heterocycles. The quantitative estimate of drug-likeness (QED) is 0.636. The number of ether oxygens (including phenoxy) is 1. The van der Waals surface area contributed by atoms with E-state index in [0.717, 1.165) is 18.5 Å². The minimum atomic E-state index is -0.219. The Hall–Kier alpha value is -2.86. The summed E-state index contributed by atoms with van der Waals surface area (Å²) in [6.45, 7) is 0.841. The fourth-order valence-corrected chi connectivity index (χ4v) is 3.06. The van der Waals surface area contributed by atoms with Crippen molar-refractivity contribution in [3.63, 3.8) is 0 Å². The molecule has 2 amide bonds. The number of anilines is 2. The Morgan fingerprint density at radius 1 is 1.00 bits per heavy atom. The predicted octanol–water partition coefficient (Wildman–Crippen LogP) is 2.53. The number of amides is 2. The van der Waals surface area contributed by atoms with Gasteiger partial charge in [0.2, 0.25) is 11.8 Å². The van der Waals surface area contributed by atoms with E-state index in [9.17, 15) is 9.59 Å². The van der Waals surface area contributed by atoms with Crippen molar-refractivity contribution in [1.82, 2.24) is 5.32 Å². The van der Waals surface area contributed by atoms with Gasteiger partial charge in [-0.05, 0) is 36.6 Å². The van der Waals surface area contributed by atoms with Gasteiger partial charge >= 0.3 is 0 Å². The number of hydrogen-bond acceptors (Lipinski definition) is 4. The second-order valence-electron chi connectivity index (χ2n) is 6.84. The van der Waals surface area contributed by atoms with Crippen LogP contribution in [0, 0.1) is 0 Å². The van der Waals surface area contributed by atoms with E-state index in [1.165, 1.54) is 12.7 Å². The van der Waals surface area contributed by atoms with Gasteiger partial charge in [0.25, 0.3) is 0 Å². The molecule has 0 atom stereocenters. The van der Waals surface area contributed by atoms with Gasteiger partial charge in [-0.15, -0.1) is 0 Å². The average molecular weight is 367 g/mol. The van der Waals surface area contributed by atoms with Crippen molar-refractivity contribution in [1.29, 1.82) is 0 Å². The van der Waals surface area contributed by atoms with Gasteiger partial charge in [0, 0.05) is 30.4 Å². The molecule has 0 aromatic heterocycles. The molecule has 2 aromatic rings. The van der Waals surface area contributed by atoms with E-state index in [0.29, 0.717) is 12.2 Å². The van der Waals surface area contributed by atoms with Crippen LogP contribution in [0.1, 0.15) is 18.4 Å². The molecule has 1 fully saturated rings. The minimum Gasteiger partial charge on any atom is -0.376 e. The molecule has 27 heavy (non-hydrogen) atoms. The summed E-state index contributed by atoms with van der Waals surface area (Å²) in [5.41, 5.74) is 2.81. The van der Waals surface area contributed by atoms with Crippen LogP contribution in [-0.4, -0.2) is 38.6 Å². The Kier molecular flexibility index (Phi) is 6.08. The van der Waals surface area contributed by atoms with Gasteiger partial charge in [0.1, 0.15) is 6.61 Å². The third kappa shape index (κ3) is 5.31. The molecule has 0 spiro atoms. The Morgan fingerprint density at radius 2 is 1.74 bits per heavy atom. The second kappa shape index (κ2) is 8.68. The van der Waals surface area contributed by atoms with Crippen molar-refractivity contribution in [3.8, 4) is 0 Å². The zero-order valence-corrected chi connectivity index (χ0v) is 15.5. The molecule has 6 nitrogen and oxygen atoms in total. The predicted molar refractivity (Wildman–Crippen MR) is 106 cm³/mol. The Bertz CT molecular complexity index is 788. The van der Waals surface area contributed by atoms with Crippen LogP contribution in [0.25, 0.3) is 0 Å². The average Bonchev–Trinajstić information content (AvgIpc) is 3.47. The molecule has 0 radical (unpaired) electrons. The van der Waals surface area contributed by atoms with Gasteiger partial charge in [-0.25, -0.2) is 0 Å². The molecule has 2 aromatic carbocycles. The first kappa shape index (κ1) is 18.9. The smallest absolute Gasteiger partial charge is 0.250 e. The molecule has 1 aliphatic rings. The molecule has 1 aliphatic carbocycles. The first-order chi connectivity index (χ1) is 13.1. The van der Waals surface area contributed by atoms with Gasteiger partial charge in [0.05, 0.1) is 6.54 Å². The van der Waals surface area contributed by atoms with Crippen LogP contribution in [0.5, 0.6) is 0 Å². The first-order valence-corrected chi connectivity index (χ1v) is 9.06. The summed E-state index contributed by atoms with van der Waals surface area (Å²) in [6, 6.07) is 17.6. The molecule has 6 heteroatoms. The molecule has 1 saturated carbocycles. The molecular formula is C21H25N3O3. The zero-order chi connectivity index (χ0) is 19.1. The van der Waals surface area contributed by atoms with E-state index >= 15 is 0 Å². The van der Waals surface area contributed by atoms with Crippen molar-refractivity contribution in [2.75, 3.05) is 37.4 Å². The molecular weight excluding hydrogens is 342 g/mol. The van der Waals surface area contributed by atoms with E-state index in [1.54, 1.807) is 12.1 Å². The fraction of sp³-hybridized carbons (Fsp3) is 0.333. The Labute approximate surface area is 159 Å². The SMILES string of the molecule is COCC(=O)Nc1cccc(NCC(=O)NCC2(c3ccccc3)CC2)c1. The fourth-order valence-electron chi connectivity index (χ4n) is 3.06. The topological polar surface area (TPSA) is 79.5 Å². The van der Waals surface area contributed by atoms with Crippen LogP contribution >= 0.6 is 0 Å². The van der Waals surface area contributed by atoms with Gasteiger partial charge in [-0.1, -0.05) is 36.4 Å². The lowest BCUT2D eigenvalue weighted by Gasteiger charge is -2.17. The normalized spacial score (nSPS) is 14.3. The third-order valence-electron chi connectivity index (χ3n) is 4.74. The van der Waals surface area contributed by atoms with Crippen LogP contribution in [0.2, 0.25) is 0 Å². The maximum Gasteiger partial charge on any atom is 0.250 e. The lowest BCUT2D eigenvalue weighted by Crippen LogP contribution is -2.35. The molecule has 142 valence electrons. The van der Waals surface area contributed by atoms with Crippen LogP contribution in [0.15, 0.2) is 54.6 Å². The van der Waals surface area contributed by atoms with Gasteiger partial charge in [-0.3, -0.25) is 9.59 Å². The highest BCUT2D eigenvalue weighted by Crippen LogP contribution is 2.47. The maximum atomic E-state index is 12.2. The number of carbonyl (C=O) groups excluding carboxylic acids is 2. The summed E-state index contributed by atoms with van der Waals surface area (Å²) < 4.78 is 4.80. The number of nitrogens with one attached hydrogen (secondary N) is 3. The molecule has 3 N–H and O–H groups in total. The van der Waals surface area contributed by atoms with E-state index < -0.39 is 0 Å². The lowest BCUT2D eigenvalue weighted by atomic mass is 9.96. The van der Waals surface area contributed by atoms with Crippen molar-refractivity contribution in [2.45, 2.75) is 18.3 Å². The molecule has 0 saturated heterocycles. The van der Waals surface area contributed by atoms with E-state index in [4.69, 9.17) is 4.74 Å². The zero-order valence-electron chi connectivity index (χ0n) is 15.5. The van der Waals surface area contributed by atoms with Crippen molar-refractivity contribution in [2.24, 2.45) is 0 Å². The van der Waals surface area contributed by atoms with Crippen LogP contribution in [0.3, 0.4) is 0 Å². The maximum absolute atomic E-state index is 12.2. The van der Waals surface area contributed by atoms with Crippen molar-refractivity contribution in [3.05, 3.63) is 60.2 Å². The van der Waals surface area contributed by atoms with E-state index in [2.05, 4.69) is 28.1 Å². The van der Waals surface area contributed by atoms with Crippen LogP contribution in [0.4, 0.5) is 11.4 Å². The molecule has 0 bridgehead atoms. The molecule has 0 unspecified atom stereocenters. The highest BCUT2D eigenvalue weighted by molar-refractivity contribution is 5.92. The number of benzene rings is 2. The summed E-state index contributed by atoms with van der Waals surface area (Å²) in [5, 5.41) is 8.86. The second-order valence-corrected chi connectivity index (χ2v) is 6.84. The van der Waals surface area contributed by atoms with Crippen LogP contribution in [-0.2, 0) is 19.7 Å². The summed E-state index contributed by atoms with van der Waals surface area (Å²) in [7, 11) is 1.47. The van der Waals surface area contributed by atoms with Gasteiger partial charge in [0.15, 0.2) is 0 Å². The highest BCUT2D eigenvalue weighted by Gasteiger charge is 2.44. The van der Waals surface area contributed by atoms with E-state index in [-0.39, 0.29) is 30.4 Å². The van der Waals surface area contributed by atoms with E-state index in [1.807, 2.05) is 30.3 Å². The highest BCUT2D eigenvalue weighted by atomic mass is 16.5. The number of rotatable bonds is 9. The minimum absolute atomic E-state index is 0.00320. The summed E-state index contributed by atoms with van der Waals surface area (Å²) in [6.07, 6.45) is 2.21. The van der Waals surface area contributed by atoms with Crippen LogP contribution < -0.4 is 16.0 Å². The first-order valence-electron chi connectivity index (χ1n) is 9.06. The van der Waals surface area contributed by atoms with Gasteiger partial charge < -0.3 is 20.7 Å². The number of hydrogen-bond donors (Lipinski definition) is 3. The third-order valence-corrected chi connectivity index (χ3v) is 4.74. The number of methoxy groups -OCH3 is 1. The molecule has 0 heterocycles. The standard InChI is InChI=1S/C21H25N3O3/c1-27-14-20(26)24-18-9-5-8-17(12-18)22-13-19(25)23-15-21(10-11-21)16-6-3-2-4-7-16/h2-9,12,22H,10-11,13-15H2,1H3,(H,23,25)(H,24,26). The number of carbonyl (C=O) groups is 2. The summed E-state index contributed by atoms with van der Waals surface area (Å²) in [5.74, 6) is -0.269. The largest absolute Gasteiger partial charge is 0.376 e.